The third-order valence-corrected chi connectivity index (χ3v) is 5.24. The van der Waals surface area contributed by atoms with Crippen molar-refractivity contribution in [3.05, 3.63) is 119 Å². The summed E-state index contributed by atoms with van der Waals surface area (Å²) in [6.45, 7) is 2.40. The molecule has 0 radical (unpaired) electrons. The fraction of sp³-hybridized carbons (Fsp3) is 0.107. The Morgan fingerprint density at radius 3 is 2.03 bits per heavy atom. The Morgan fingerprint density at radius 2 is 1.34 bits per heavy atom. The highest BCUT2D eigenvalue weighted by Gasteiger charge is 2.13. The van der Waals surface area contributed by atoms with Gasteiger partial charge >= 0.3 is 5.97 Å². The minimum Gasteiger partial charge on any atom is -0.489 e. The molecule has 0 heterocycles. The first-order valence-electron chi connectivity index (χ1n) is 10.4. The van der Waals surface area contributed by atoms with Crippen molar-refractivity contribution in [2.45, 2.75) is 20.1 Å². The van der Waals surface area contributed by atoms with Crippen molar-refractivity contribution in [3.63, 3.8) is 0 Å². The summed E-state index contributed by atoms with van der Waals surface area (Å²) in [4.78, 5) is 11.6. The molecule has 0 aromatic heterocycles. The summed E-state index contributed by atoms with van der Waals surface area (Å²) in [7, 11) is 0. The van der Waals surface area contributed by atoms with Crippen molar-refractivity contribution >= 4 is 5.97 Å². The minimum absolute atomic E-state index is 0.174. The molecule has 32 heavy (non-hydrogen) atoms. The van der Waals surface area contributed by atoms with Gasteiger partial charge in [0.25, 0.3) is 0 Å². The molecule has 4 aromatic carbocycles. The summed E-state index contributed by atoms with van der Waals surface area (Å²) in [5.41, 5.74) is 5.07. The maximum Gasteiger partial charge on any atom is 0.336 e. The monoisotopic (exact) mass is 424 g/mol. The zero-order valence-corrected chi connectivity index (χ0v) is 17.8. The van der Waals surface area contributed by atoms with E-state index in [4.69, 9.17) is 9.47 Å². The third kappa shape index (κ3) is 5.16. The van der Waals surface area contributed by atoms with E-state index in [1.54, 1.807) is 19.1 Å². The number of aryl methyl sites for hydroxylation is 1. The van der Waals surface area contributed by atoms with E-state index in [9.17, 15) is 9.90 Å². The van der Waals surface area contributed by atoms with E-state index < -0.39 is 5.97 Å². The number of carboxylic acids is 1. The lowest BCUT2D eigenvalue weighted by Crippen LogP contribution is -2.07. The Labute approximate surface area is 187 Å². The molecule has 4 nitrogen and oxygen atoms in total. The first kappa shape index (κ1) is 21.2. The molecular formula is C28H24O4. The van der Waals surface area contributed by atoms with Gasteiger partial charge in [-0.1, -0.05) is 78.9 Å². The molecule has 0 fully saturated rings. The highest BCUT2D eigenvalue weighted by molar-refractivity contribution is 5.91. The molecule has 4 heteroatoms. The molecule has 4 rings (SSSR count). The largest absolute Gasteiger partial charge is 0.489 e. The van der Waals surface area contributed by atoms with Crippen LogP contribution in [0.15, 0.2) is 97.1 Å². The van der Waals surface area contributed by atoms with Gasteiger partial charge in [0, 0.05) is 11.6 Å². The van der Waals surface area contributed by atoms with Crippen LogP contribution in [0.4, 0.5) is 0 Å². The molecule has 0 saturated carbocycles. The van der Waals surface area contributed by atoms with Crippen LogP contribution in [0.1, 0.15) is 27.0 Å². The Kier molecular flexibility index (Phi) is 6.52. The standard InChI is InChI=1S/C28H24O4/c1-20-7-5-10-24(27(20)28(29)30)19-32-26-12-6-11-25(17-26)31-18-21-13-15-23(16-14-21)22-8-3-2-4-9-22/h2-17H,18-19H2,1H3,(H,29,30). The van der Waals surface area contributed by atoms with Crippen LogP contribution in [0, 0.1) is 6.92 Å². The predicted molar refractivity (Wildman–Crippen MR) is 125 cm³/mol. The van der Waals surface area contributed by atoms with Crippen LogP contribution in [-0.2, 0) is 13.2 Å². The molecule has 0 saturated heterocycles. The summed E-state index contributed by atoms with van der Waals surface area (Å²) >= 11 is 0. The van der Waals surface area contributed by atoms with Gasteiger partial charge in [0.15, 0.2) is 0 Å². The number of carbonyl (C=O) groups is 1. The van der Waals surface area contributed by atoms with Gasteiger partial charge in [0.05, 0.1) is 5.56 Å². The topological polar surface area (TPSA) is 55.8 Å². The molecule has 1 N–H and O–H groups in total. The van der Waals surface area contributed by atoms with Gasteiger partial charge in [0.1, 0.15) is 24.7 Å². The van der Waals surface area contributed by atoms with E-state index >= 15 is 0 Å². The van der Waals surface area contributed by atoms with Gasteiger partial charge in [0.2, 0.25) is 0 Å². The van der Waals surface area contributed by atoms with E-state index in [1.165, 1.54) is 11.1 Å². The zero-order valence-electron chi connectivity index (χ0n) is 17.8. The summed E-state index contributed by atoms with van der Waals surface area (Å²) < 4.78 is 11.8. The molecule has 160 valence electrons. The predicted octanol–water partition coefficient (Wildman–Crippen LogP) is 6.52. The van der Waals surface area contributed by atoms with Gasteiger partial charge in [-0.25, -0.2) is 4.79 Å². The molecule has 0 aliphatic rings. The average molecular weight is 424 g/mol. The lowest BCUT2D eigenvalue weighted by molar-refractivity contribution is 0.0693. The van der Waals surface area contributed by atoms with Gasteiger partial charge in [-0.2, -0.15) is 0 Å². The van der Waals surface area contributed by atoms with Gasteiger partial charge in [-0.05, 0) is 41.3 Å². The molecule has 0 spiro atoms. The summed E-state index contributed by atoms with van der Waals surface area (Å²) in [5.74, 6) is 0.370. The van der Waals surface area contributed by atoms with Gasteiger partial charge in [-0.3, -0.25) is 0 Å². The minimum atomic E-state index is -0.947. The fourth-order valence-corrected chi connectivity index (χ4v) is 3.56. The zero-order chi connectivity index (χ0) is 22.3. The van der Waals surface area contributed by atoms with Crippen molar-refractivity contribution < 1.29 is 19.4 Å². The molecule has 0 bridgehead atoms. The SMILES string of the molecule is Cc1cccc(COc2cccc(OCc3ccc(-c4ccccc4)cc3)c2)c1C(=O)O. The van der Waals surface area contributed by atoms with E-state index in [1.807, 2.05) is 48.5 Å². The maximum atomic E-state index is 11.6. The lowest BCUT2D eigenvalue weighted by atomic mass is 10.0. The second-order valence-electron chi connectivity index (χ2n) is 7.53. The second kappa shape index (κ2) is 9.84. The number of ether oxygens (including phenoxy) is 2. The van der Waals surface area contributed by atoms with E-state index in [2.05, 4.69) is 36.4 Å². The molecule has 0 aliphatic heterocycles. The summed E-state index contributed by atoms with van der Waals surface area (Å²) in [5, 5.41) is 9.47. The Morgan fingerprint density at radius 1 is 0.719 bits per heavy atom. The normalized spacial score (nSPS) is 10.5. The number of hydrogen-bond acceptors (Lipinski definition) is 3. The number of carboxylic acid groups (broad SMARTS) is 1. The summed E-state index contributed by atoms with van der Waals surface area (Å²) in [6.07, 6.45) is 0. The van der Waals surface area contributed by atoms with Crippen LogP contribution in [0.5, 0.6) is 11.5 Å². The van der Waals surface area contributed by atoms with Gasteiger partial charge in [-0.15, -0.1) is 0 Å². The van der Waals surface area contributed by atoms with Crippen molar-refractivity contribution in [3.8, 4) is 22.6 Å². The van der Waals surface area contributed by atoms with Crippen molar-refractivity contribution in [1.29, 1.82) is 0 Å². The Balaban J connectivity index is 1.38. The Hall–Kier alpha value is -4.05. The highest BCUT2D eigenvalue weighted by Crippen LogP contribution is 2.24. The maximum absolute atomic E-state index is 11.6. The van der Waals surface area contributed by atoms with E-state index in [0.29, 0.717) is 34.8 Å². The number of rotatable bonds is 8. The molecule has 0 aliphatic carbocycles. The number of benzene rings is 4. The highest BCUT2D eigenvalue weighted by atomic mass is 16.5. The van der Waals surface area contributed by atoms with Crippen LogP contribution in [0.25, 0.3) is 11.1 Å². The summed E-state index contributed by atoms with van der Waals surface area (Å²) in [6, 6.07) is 31.3. The van der Waals surface area contributed by atoms with Crippen LogP contribution in [0.2, 0.25) is 0 Å². The average Bonchev–Trinajstić information content (AvgIpc) is 2.82. The van der Waals surface area contributed by atoms with Crippen LogP contribution in [-0.4, -0.2) is 11.1 Å². The lowest BCUT2D eigenvalue weighted by Gasteiger charge is -2.12. The molecule has 0 atom stereocenters. The van der Waals surface area contributed by atoms with Crippen molar-refractivity contribution in [2.24, 2.45) is 0 Å². The first-order valence-corrected chi connectivity index (χ1v) is 10.4. The van der Waals surface area contributed by atoms with E-state index in [0.717, 1.165) is 5.56 Å². The van der Waals surface area contributed by atoms with Crippen molar-refractivity contribution in [1.82, 2.24) is 0 Å². The molecular weight excluding hydrogens is 400 g/mol. The van der Waals surface area contributed by atoms with Crippen LogP contribution >= 0.6 is 0 Å². The van der Waals surface area contributed by atoms with Crippen LogP contribution < -0.4 is 9.47 Å². The van der Waals surface area contributed by atoms with Crippen LogP contribution in [0.3, 0.4) is 0 Å². The molecule has 4 aromatic rings. The molecule has 0 unspecified atom stereocenters. The van der Waals surface area contributed by atoms with Gasteiger partial charge < -0.3 is 14.6 Å². The van der Waals surface area contributed by atoms with Crippen molar-refractivity contribution in [2.75, 3.05) is 0 Å². The first-order chi connectivity index (χ1) is 15.6. The number of hydrogen-bond donors (Lipinski definition) is 1. The molecule has 0 amide bonds. The quantitative estimate of drug-likeness (QED) is 0.350. The number of aromatic carboxylic acids is 1. The Bertz CT molecular complexity index is 1200. The smallest absolute Gasteiger partial charge is 0.336 e. The third-order valence-electron chi connectivity index (χ3n) is 5.24. The fourth-order valence-electron chi connectivity index (χ4n) is 3.56. The van der Waals surface area contributed by atoms with E-state index in [-0.39, 0.29) is 6.61 Å². The second-order valence-corrected chi connectivity index (χ2v) is 7.53.